The van der Waals surface area contributed by atoms with Crippen molar-refractivity contribution >= 4 is 17.7 Å². The molecule has 2 aliphatic rings. The lowest BCUT2D eigenvalue weighted by atomic mass is 9.88. The summed E-state index contributed by atoms with van der Waals surface area (Å²) in [5.74, 6) is 0.472. The summed E-state index contributed by atoms with van der Waals surface area (Å²) in [6, 6.07) is 0. The van der Waals surface area contributed by atoms with Crippen LogP contribution in [0.15, 0.2) is 0 Å². The molecule has 1 heterocycles. The second kappa shape index (κ2) is 5.41. The van der Waals surface area contributed by atoms with Crippen molar-refractivity contribution in [2.24, 2.45) is 5.92 Å². The molecule has 1 saturated carbocycles. The molecule has 0 aromatic carbocycles. The lowest BCUT2D eigenvalue weighted by molar-refractivity contribution is -0.126. The van der Waals surface area contributed by atoms with Gasteiger partial charge in [0.05, 0.1) is 5.92 Å². The van der Waals surface area contributed by atoms with Crippen molar-refractivity contribution in [3.05, 3.63) is 0 Å². The van der Waals surface area contributed by atoms with E-state index in [2.05, 4.69) is 16.9 Å². The highest BCUT2D eigenvalue weighted by Gasteiger charge is 2.33. The molecule has 1 aliphatic heterocycles. The minimum absolute atomic E-state index is 0.225. The van der Waals surface area contributed by atoms with Crippen LogP contribution in [0.3, 0.4) is 0 Å². The van der Waals surface area contributed by atoms with Gasteiger partial charge in [0, 0.05) is 24.4 Å². The Morgan fingerprint density at radius 1 is 1.38 bits per heavy atom. The molecule has 4 heteroatoms. The third-order valence-electron chi connectivity index (χ3n) is 3.93. The van der Waals surface area contributed by atoms with Crippen molar-refractivity contribution in [1.29, 1.82) is 0 Å². The average Bonchev–Trinajstić information content (AvgIpc) is 2.25. The zero-order chi connectivity index (χ0) is 11.4. The Morgan fingerprint density at radius 2 is 2.06 bits per heavy atom. The summed E-state index contributed by atoms with van der Waals surface area (Å²) in [4.78, 5) is 11.8. The monoisotopic (exact) mass is 242 g/mol. The van der Waals surface area contributed by atoms with Gasteiger partial charge in [-0.3, -0.25) is 4.79 Å². The first-order valence-electron chi connectivity index (χ1n) is 6.29. The first-order chi connectivity index (χ1) is 7.76. The van der Waals surface area contributed by atoms with E-state index < -0.39 is 0 Å². The molecule has 1 amide bonds. The fourth-order valence-electron chi connectivity index (χ4n) is 2.52. The maximum Gasteiger partial charge on any atom is 0.225 e. The first-order valence-corrected chi connectivity index (χ1v) is 7.52. The number of hydrogen-bond acceptors (Lipinski definition) is 3. The van der Waals surface area contributed by atoms with Crippen molar-refractivity contribution in [2.75, 3.05) is 25.9 Å². The number of carbonyl (C=O) groups excluding carboxylic acids is 1. The van der Waals surface area contributed by atoms with Crippen LogP contribution in [0, 0.1) is 5.92 Å². The van der Waals surface area contributed by atoms with Gasteiger partial charge in [0.25, 0.3) is 0 Å². The van der Waals surface area contributed by atoms with Crippen molar-refractivity contribution in [3.63, 3.8) is 0 Å². The summed E-state index contributed by atoms with van der Waals surface area (Å²) < 4.78 is 0.324. The molecular weight excluding hydrogens is 220 g/mol. The minimum Gasteiger partial charge on any atom is -0.354 e. The predicted octanol–water partition coefficient (Wildman–Crippen LogP) is 1.39. The quantitative estimate of drug-likeness (QED) is 0.783. The van der Waals surface area contributed by atoms with Gasteiger partial charge in [0.1, 0.15) is 0 Å². The fraction of sp³-hybridized carbons (Fsp3) is 0.917. The molecule has 1 saturated heterocycles. The third kappa shape index (κ3) is 2.72. The van der Waals surface area contributed by atoms with E-state index in [-0.39, 0.29) is 11.8 Å². The Labute approximate surface area is 102 Å². The summed E-state index contributed by atoms with van der Waals surface area (Å²) >= 11 is 1.94. The van der Waals surface area contributed by atoms with Gasteiger partial charge in [-0.2, -0.15) is 11.8 Å². The van der Waals surface area contributed by atoms with Crippen LogP contribution in [0.2, 0.25) is 0 Å². The SMILES string of the molecule is CSC1(CNC(=O)C2CNC2)CCCCC1. The molecule has 16 heavy (non-hydrogen) atoms. The number of rotatable bonds is 4. The Balaban J connectivity index is 1.79. The largest absolute Gasteiger partial charge is 0.354 e. The summed E-state index contributed by atoms with van der Waals surface area (Å²) in [5.41, 5.74) is 0. The summed E-state index contributed by atoms with van der Waals surface area (Å²) in [6.45, 7) is 2.58. The maximum atomic E-state index is 11.8. The van der Waals surface area contributed by atoms with Crippen LogP contribution < -0.4 is 10.6 Å². The average molecular weight is 242 g/mol. The Morgan fingerprint density at radius 3 is 2.56 bits per heavy atom. The Bertz CT molecular complexity index is 247. The molecule has 0 atom stereocenters. The maximum absolute atomic E-state index is 11.8. The van der Waals surface area contributed by atoms with Gasteiger partial charge in [0.2, 0.25) is 5.91 Å². The van der Waals surface area contributed by atoms with E-state index in [1.807, 2.05) is 11.8 Å². The number of amides is 1. The van der Waals surface area contributed by atoms with Crippen LogP contribution >= 0.6 is 11.8 Å². The van der Waals surface area contributed by atoms with Gasteiger partial charge >= 0.3 is 0 Å². The number of thioether (sulfide) groups is 1. The van der Waals surface area contributed by atoms with Crippen LogP contribution in [0.4, 0.5) is 0 Å². The number of hydrogen-bond donors (Lipinski definition) is 2. The van der Waals surface area contributed by atoms with E-state index in [4.69, 9.17) is 0 Å². The van der Waals surface area contributed by atoms with Crippen molar-refractivity contribution in [1.82, 2.24) is 10.6 Å². The molecule has 0 spiro atoms. The molecule has 3 nitrogen and oxygen atoms in total. The van der Waals surface area contributed by atoms with Gasteiger partial charge in [-0.05, 0) is 19.1 Å². The highest BCUT2D eigenvalue weighted by molar-refractivity contribution is 8.00. The third-order valence-corrected chi connectivity index (χ3v) is 5.35. The molecule has 2 N–H and O–H groups in total. The number of nitrogens with one attached hydrogen (secondary N) is 2. The van der Waals surface area contributed by atoms with Gasteiger partial charge in [0.15, 0.2) is 0 Å². The van der Waals surface area contributed by atoms with Crippen molar-refractivity contribution in [3.8, 4) is 0 Å². The first kappa shape index (κ1) is 12.2. The molecular formula is C12H22N2OS. The molecule has 0 bridgehead atoms. The lowest BCUT2D eigenvalue weighted by Crippen LogP contribution is -2.53. The van der Waals surface area contributed by atoms with E-state index in [0.29, 0.717) is 4.75 Å². The molecule has 0 radical (unpaired) electrons. The van der Waals surface area contributed by atoms with Gasteiger partial charge in [-0.1, -0.05) is 19.3 Å². The highest BCUT2D eigenvalue weighted by atomic mass is 32.2. The zero-order valence-electron chi connectivity index (χ0n) is 10.1. The van der Waals surface area contributed by atoms with E-state index in [1.165, 1.54) is 32.1 Å². The smallest absolute Gasteiger partial charge is 0.225 e. The lowest BCUT2D eigenvalue weighted by Gasteiger charge is -2.37. The second-order valence-electron chi connectivity index (χ2n) is 5.02. The minimum atomic E-state index is 0.225. The van der Waals surface area contributed by atoms with Gasteiger partial charge in [-0.25, -0.2) is 0 Å². The second-order valence-corrected chi connectivity index (χ2v) is 6.30. The molecule has 0 aromatic heterocycles. The van der Waals surface area contributed by atoms with Crippen LogP contribution in [-0.4, -0.2) is 36.5 Å². The summed E-state index contributed by atoms with van der Waals surface area (Å²) in [5, 5.41) is 6.28. The van der Waals surface area contributed by atoms with Crippen LogP contribution in [0.1, 0.15) is 32.1 Å². The summed E-state index contributed by atoms with van der Waals surface area (Å²) in [6.07, 6.45) is 8.71. The van der Waals surface area contributed by atoms with E-state index >= 15 is 0 Å². The topological polar surface area (TPSA) is 41.1 Å². The molecule has 0 unspecified atom stereocenters. The molecule has 92 valence electrons. The van der Waals surface area contributed by atoms with Crippen molar-refractivity contribution < 1.29 is 4.79 Å². The molecule has 0 aromatic rings. The van der Waals surface area contributed by atoms with Crippen molar-refractivity contribution in [2.45, 2.75) is 36.9 Å². The van der Waals surface area contributed by atoms with Crippen LogP contribution in [0.5, 0.6) is 0 Å². The van der Waals surface area contributed by atoms with Gasteiger partial charge in [-0.15, -0.1) is 0 Å². The van der Waals surface area contributed by atoms with Gasteiger partial charge < -0.3 is 10.6 Å². The molecule has 2 fully saturated rings. The zero-order valence-corrected chi connectivity index (χ0v) is 10.9. The fourth-order valence-corrected chi connectivity index (χ4v) is 3.43. The van der Waals surface area contributed by atoms with Crippen LogP contribution in [-0.2, 0) is 4.79 Å². The highest BCUT2D eigenvalue weighted by Crippen LogP contribution is 2.37. The van der Waals surface area contributed by atoms with E-state index in [9.17, 15) is 4.79 Å². The molecule has 2 rings (SSSR count). The molecule has 1 aliphatic carbocycles. The van der Waals surface area contributed by atoms with Crippen LogP contribution in [0.25, 0.3) is 0 Å². The Kier molecular flexibility index (Phi) is 4.14. The predicted molar refractivity (Wildman–Crippen MR) is 68.7 cm³/mol. The normalized spacial score (nSPS) is 24.8. The Hall–Kier alpha value is -0.220. The number of carbonyl (C=O) groups is 1. The summed E-state index contributed by atoms with van der Waals surface area (Å²) in [7, 11) is 0. The van der Waals surface area contributed by atoms with E-state index in [0.717, 1.165) is 19.6 Å². The standard InChI is InChI=1S/C12H22N2OS/c1-16-12(5-3-2-4-6-12)9-14-11(15)10-7-13-8-10/h10,13H,2-9H2,1H3,(H,14,15). The van der Waals surface area contributed by atoms with E-state index in [1.54, 1.807) is 0 Å².